The number of hydrogen-bond acceptors (Lipinski definition) is 5. The van der Waals surface area contributed by atoms with Gasteiger partial charge in [0.2, 0.25) is 0 Å². The zero-order valence-electron chi connectivity index (χ0n) is 17.3. The lowest BCUT2D eigenvalue weighted by atomic mass is 10.1. The first-order valence-electron chi connectivity index (χ1n) is 10.4. The molecule has 1 aromatic heterocycles. The minimum absolute atomic E-state index is 0.0572. The summed E-state index contributed by atoms with van der Waals surface area (Å²) >= 11 is 6.04. The van der Waals surface area contributed by atoms with Gasteiger partial charge in [-0.1, -0.05) is 11.6 Å². The van der Waals surface area contributed by atoms with E-state index in [-0.39, 0.29) is 17.0 Å². The van der Waals surface area contributed by atoms with Gasteiger partial charge in [-0.05, 0) is 43.2 Å². The van der Waals surface area contributed by atoms with E-state index in [1.807, 2.05) is 0 Å². The van der Waals surface area contributed by atoms with Crippen LogP contribution >= 0.6 is 11.6 Å². The third-order valence-corrected chi connectivity index (χ3v) is 5.85. The number of benzene rings is 1. The van der Waals surface area contributed by atoms with Crippen LogP contribution in [0.1, 0.15) is 28.8 Å². The Morgan fingerprint density at radius 1 is 1.19 bits per heavy atom. The molecular formula is C22H23ClF3N3O3. The molecule has 0 bridgehead atoms. The Hall–Kier alpha value is -2.52. The Morgan fingerprint density at radius 3 is 2.50 bits per heavy atom. The van der Waals surface area contributed by atoms with Gasteiger partial charge in [0, 0.05) is 44.5 Å². The quantitative estimate of drug-likeness (QED) is 0.654. The first-order valence-corrected chi connectivity index (χ1v) is 10.8. The number of nitrogens with zero attached hydrogens (tertiary/aromatic N) is 3. The van der Waals surface area contributed by atoms with Gasteiger partial charge in [0.05, 0.1) is 16.7 Å². The summed E-state index contributed by atoms with van der Waals surface area (Å²) in [6.07, 6.45) is -1.54. The average molecular weight is 470 g/mol. The van der Waals surface area contributed by atoms with Gasteiger partial charge < -0.3 is 19.3 Å². The highest BCUT2D eigenvalue weighted by atomic mass is 35.5. The number of piperazine rings is 1. The highest BCUT2D eigenvalue weighted by Gasteiger charge is 2.32. The molecule has 0 aliphatic carbocycles. The molecule has 32 heavy (non-hydrogen) atoms. The molecule has 0 radical (unpaired) electrons. The monoisotopic (exact) mass is 469 g/mol. The second-order valence-electron chi connectivity index (χ2n) is 7.78. The number of anilines is 1. The number of aromatic nitrogens is 1. The van der Waals surface area contributed by atoms with Gasteiger partial charge in [0.15, 0.2) is 0 Å². The molecular weight excluding hydrogens is 447 g/mol. The van der Waals surface area contributed by atoms with Crippen molar-refractivity contribution in [2.24, 2.45) is 0 Å². The summed E-state index contributed by atoms with van der Waals surface area (Å²) in [5.41, 5.74) is -0.336. The van der Waals surface area contributed by atoms with Gasteiger partial charge in [0.25, 0.3) is 5.91 Å². The second kappa shape index (κ2) is 9.54. The van der Waals surface area contributed by atoms with Gasteiger partial charge in [-0.2, -0.15) is 13.2 Å². The van der Waals surface area contributed by atoms with Gasteiger partial charge in [-0.15, -0.1) is 0 Å². The van der Waals surface area contributed by atoms with Crippen LogP contribution in [-0.4, -0.2) is 61.3 Å². The molecule has 0 spiro atoms. The van der Waals surface area contributed by atoms with E-state index in [1.165, 1.54) is 0 Å². The van der Waals surface area contributed by atoms with Crippen LogP contribution in [0.5, 0.6) is 5.75 Å². The average Bonchev–Trinajstić information content (AvgIpc) is 3.31. The van der Waals surface area contributed by atoms with E-state index in [9.17, 15) is 18.0 Å². The fourth-order valence-corrected chi connectivity index (χ4v) is 4.07. The Morgan fingerprint density at radius 2 is 1.91 bits per heavy atom. The molecule has 10 heteroatoms. The van der Waals surface area contributed by atoms with Crippen LogP contribution < -0.4 is 9.64 Å². The van der Waals surface area contributed by atoms with E-state index < -0.39 is 11.7 Å². The number of pyridine rings is 1. The minimum atomic E-state index is -4.49. The Labute approximate surface area is 188 Å². The molecule has 6 nitrogen and oxygen atoms in total. The zero-order valence-corrected chi connectivity index (χ0v) is 18.0. The smallest absolute Gasteiger partial charge is 0.417 e. The van der Waals surface area contributed by atoms with Crippen LogP contribution in [-0.2, 0) is 10.9 Å². The summed E-state index contributed by atoms with van der Waals surface area (Å²) in [6, 6.07) is 7.88. The van der Waals surface area contributed by atoms with Crippen molar-refractivity contribution in [3.05, 3.63) is 52.7 Å². The van der Waals surface area contributed by atoms with Crippen molar-refractivity contribution in [1.29, 1.82) is 0 Å². The van der Waals surface area contributed by atoms with Crippen molar-refractivity contribution in [2.75, 3.05) is 44.3 Å². The maximum absolute atomic E-state index is 12.8. The lowest BCUT2D eigenvalue weighted by molar-refractivity contribution is -0.137. The van der Waals surface area contributed by atoms with Crippen LogP contribution in [0.15, 0.2) is 36.5 Å². The number of carbonyl (C=O) groups excluding carboxylic acids is 1. The molecule has 172 valence electrons. The standard InChI is InChI=1S/C22H23ClF3N3O3/c23-19-12-16(22(24,25)26)13-27-20(19)28-7-9-29(10-8-28)21(30)15-3-5-17(6-4-15)32-14-18-2-1-11-31-18/h3-6,12-13,18H,1-2,7-11,14H2. The lowest BCUT2D eigenvalue weighted by Crippen LogP contribution is -2.49. The number of alkyl halides is 3. The first kappa shape index (κ1) is 22.7. The Bertz CT molecular complexity index is 942. The molecule has 1 unspecified atom stereocenters. The van der Waals surface area contributed by atoms with Crippen molar-refractivity contribution < 1.29 is 27.4 Å². The van der Waals surface area contributed by atoms with Crippen LogP contribution in [0.4, 0.5) is 19.0 Å². The molecule has 2 saturated heterocycles. The zero-order chi connectivity index (χ0) is 22.7. The van der Waals surface area contributed by atoms with Gasteiger partial charge in [0.1, 0.15) is 18.2 Å². The van der Waals surface area contributed by atoms with Crippen molar-refractivity contribution in [2.45, 2.75) is 25.1 Å². The number of ether oxygens (including phenoxy) is 2. The van der Waals surface area contributed by atoms with Crippen molar-refractivity contribution in [3.63, 3.8) is 0 Å². The largest absolute Gasteiger partial charge is 0.491 e. The highest BCUT2D eigenvalue weighted by Crippen LogP contribution is 2.33. The maximum atomic E-state index is 12.8. The summed E-state index contributed by atoms with van der Waals surface area (Å²) in [5, 5.41) is -0.0572. The molecule has 2 aliphatic rings. The summed E-state index contributed by atoms with van der Waals surface area (Å²) in [6.45, 7) is 2.94. The Balaban J connectivity index is 1.31. The van der Waals surface area contributed by atoms with Crippen molar-refractivity contribution >= 4 is 23.3 Å². The van der Waals surface area contributed by atoms with E-state index in [1.54, 1.807) is 34.1 Å². The molecule has 1 aromatic carbocycles. The number of hydrogen-bond donors (Lipinski definition) is 0. The molecule has 1 atom stereocenters. The number of carbonyl (C=O) groups is 1. The fourth-order valence-electron chi connectivity index (χ4n) is 3.78. The number of halogens is 4. The molecule has 2 fully saturated rings. The van der Waals surface area contributed by atoms with E-state index in [2.05, 4.69) is 4.98 Å². The van der Waals surface area contributed by atoms with Crippen molar-refractivity contribution in [3.8, 4) is 5.75 Å². The van der Waals surface area contributed by atoms with Crippen LogP contribution in [0.3, 0.4) is 0 Å². The third-order valence-electron chi connectivity index (χ3n) is 5.58. The molecule has 1 amide bonds. The lowest BCUT2D eigenvalue weighted by Gasteiger charge is -2.35. The summed E-state index contributed by atoms with van der Waals surface area (Å²) in [5.74, 6) is 0.867. The van der Waals surface area contributed by atoms with E-state index in [0.29, 0.717) is 49.9 Å². The molecule has 0 saturated carbocycles. The van der Waals surface area contributed by atoms with E-state index >= 15 is 0 Å². The Kier molecular flexibility index (Phi) is 6.76. The summed E-state index contributed by atoms with van der Waals surface area (Å²) < 4.78 is 49.7. The second-order valence-corrected chi connectivity index (χ2v) is 8.18. The van der Waals surface area contributed by atoms with E-state index in [4.69, 9.17) is 21.1 Å². The van der Waals surface area contributed by atoms with E-state index in [0.717, 1.165) is 31.7 Å². The number of amides is 1. The molecule has 3 heterocycles. The van der Waals surface area contributed by atoms with Crippen LogP contribution in [0.2, 0.25) is 5.02 Å². The van der Waals surface area contributed by atoms with Crippen molar-refractivity contribution in [1.82, 2.24) is 9.88 Å². The molecule has 0 N–H and O–H groups in total. The predicted molar refractivity (Wildman–Crippen MR) is 113 cm³/mol. The molecule has 4 rings (SSSR count). The van der Waals surface area contributed by atoms with Crippen LogP contribution in [0.25, 0.3) is 0 Å². The minimum Gasteiger partial charge on any atom is -0.491 e. The normalized spacial score (nSPS) is 19.3. The third kappa shape index (κ3) is 5.27. The summed E-state index contributed by atoms with van der Waals surface area (Å²) in [7, 11) is 0. The predicted octanol–water partition coefficient (Wildman–Crippen LogP) is 4.27. The van der Waals surface area contributed by atoms with Crippen LogP contribution in [0, 0.1) is 0 Å². The van der Waals surface area contributed by atoms with Gasteiger partial charge in [-0.25, -0.2) is 4.98 Å². The molecule has 2 aromatic rings. The SMILES string of the molecule is O=C(c1ccc(OCC2CCCO2)cc1)N1CCN(c2ncc(C(F)(F)F)cc2Cl)CC1. The molecule has 2 aliphatic heterocycles. The van der Waals surface area contributed by atoms with Gasteiger partial charge in [-0.3, -0.25) is 4.79 Å². The fraction of sp³-hybridized carbons (Fsp3) is 0.455. The topological polar surface area (TPSA) is 54.9 Å². The highest BCUT2D eigenvalue weighted by molar-refractivity contribution is 6.33. The maximum Gasteiger partial charge on any atom is 0.417 e. The number of rotatable bonds is 5. The first-order chi connectivity index (χ1) is 15.3. The summed E-state index contributed by atoms with van der Waals surface area (Å²) in [4.78, 5) is 20.2. The van der Waals surface area contributed by atoms with Gasteiger partial charge >= 0.3 is 6.18 Å².